The summed E-state index contributed by atoms with van der Waals surface area (Å²) in [7, 11) is 0. The van der Waals surface area contributed by atoms with Gasteiger partial charge in [-0.05, 0) is 45.6 Å². The standard InChI is InChI=1S/C20H17F2NO2S/c21-20(22)25-17-8-6-16(7-9-17)19(15-4-2-1-3-5-15)23-18(24)12-14-10-11-26-13-14/h1-11,13,19-20H,12H2,(H,23,24). The predicted octanol–water partition coefficient (Wildman–Crippen LogP) is 4.80. The molecule has 0 aliphatic heterocycles. The van der Waals surface area contributed by atoms with E-state index >= 15 is 0 Å². The summed E-state index contributed by atoms with van der Waals surface area (Å²) in [5.41, 5.74) is 2.66. The molecular formula is C20H17F2NO2S. The van der Waals surface area contributed by atoms with E-state index in [2.05, 4.69) is 10.1 Å². The molecule has 1 unspecified atom stereocenters. The van der Waals surface area contributed by atoms with Crippen molar-refractivity contribution in [3.05, 3.63) is 88.1 Å². The zero-order chi connectivity index (χ0) is 18.4. The third-order valence-corrected chi connectivity index (χ3v) is 4.55. The number of thiophene rings is 1. The number of rotatable bonds is 7. The highest BCUT2D eigenvalue weighted by Gasteiger charge is 2.17. The number of ether oxygens (including phenoxy) is 1. The van der Waals surface area contributed by atoms with Gasteiger partial charge in [0.25, 0.3) is 0 Å². The smallest absolute Gasteiger partial charge is 0.387 e. The number of carbonyl (C=O) groups excluding carboxylic acids is 1. The molecule has 1 amide bonds. The number of hydrogen-bond acceptors (Lipinski definition) is 3. The van der Waals surface area contributed by atoms with Gasteiger partial charge >= 0.3 is 6.61 Å². The van der Waals surface area contributed by atoms with Gasteiger partial charge < -0.3 is 10.1 Å². The van der Waals surface area contributed by atoms with E-state index < -0.39 is 6.61 Å². The van der Waals surface area contributed by atoms with Crippen molar-refractivity contribution in [1.82, 2.24) is 5.32 Å². The van der Waals surface area contributed by atoms with Crippen molar-refractivity contribution in [3.63, 3.8) is 0 Å². The summed E-state index contributed by atoms with van der Waals surface area (Å²) in [6.45, 7) is -2.86. The van der Waals surface area contributed by atoms with Crippen LogP contribution in [0.1, 0.15) is 22.7 Å². The Morgan fingerprint density at radius 1 is 1.00 bits per heavy atom. The van der Waals surface area contributed by atoms with Crippen molar-refractivity contribution in [1.29, 1.82) is 0 Å². The highest BCUT2D eigenvalue weighted by molar-refractivity contribution is 7.08. The zero-order valence-corrected chi connectivity index (χ0v) is 14.6. The van der Waals surface area contributed by atoms with Crippen molar-refractivity contribution in [3.8, 4) is 5.75 Å². The maximum atomic E-state index is 12.4. The Morgan fingerprint density at radius 3 is 2.31 bits per heavy atom. The molecule has 0 aliphatic rings. The van der Waals surface area contributed by atoms with Crippen LogP contribution in [0, 0.1) is 0 Å². The average Bonchev–Trinajstić information content (AvgIpc) is 3.14. The highest BCUT2D eigenvalue weighted by atomic mass is 32.1. The highest BCUT2D eigenvalue weighted by Crippen LogP contribution is 2.25. The Balaban J connectivity index is 1.80. The summed E-state index contributed by atoms with van der Waals surface area (Å²) in [5.74, 6) is -0.0229. The van der Waals surface area contributed by atoms with Gasteiger partial charge in [-0.15, -0.1) is 0 Å². The molecule has 1 atom stereocenters. The van der Waals surface area contributed by atoms with Gasteiger partial charge in [0.2, 0.25) is 5.91 Å². The van der Waals surface area contributed by atoms with Crippen LogP contribution in [0.15, 0.2) is 71.4 Å². The van der Waals surface area contributed by atoms with Crippen LogP contribution in [0.2, 0.25) is 0 Å². The summed E-state index contributed by atoms with van der Waals surface area (Å²) >= 11 is 1.54. The van der Waals surface area contributed by atoms with Gasteiger partial charge in [0.1, 0.15) is 5.75 Å². The second kappa shape index (κ2) is 8.58. The van der Waals surface area contributed by atoms with E-state index in [4.69, 9.17) is 0 Å². The summed E-state index contributed by atoms with van der Waals surface area (Å²) < 4.78 is 29.0. The van der Waals surface area contributed by atoms with E-state index in [0.717, 1.165) is 16.7 Å². The molecule has 0 fully saturated rings. The predicted molar refractivity (Wildman–Crippen MR) is 97.5 cm³/mol. The lowest BCUT2D eigenvalue weighted by Crippen LogP contribution is -2.30. The molecule has 1 aromatic heterocycles. The van der Waals surface area contributed by atoms with E-state index in [1.54, 1.807) is 23.5 Å². The topological polar surface area (TPSA) is 38.3 Å². The molecule has 0 radical (unpaired) electrons. The number of halogens is 2. The number of alkyl halides is 2. The number of amides is 1. The van der Waals surface area contributed by atoms with Gasteiger partial charge in [0.15, 0.2) is 0 Å². The van der Waals surface area contributed by atoms with Gasteiger partial charge in [-0.3, -0.25) is 4.79 Å². The SMILES string of the molecule is O=C(Cc1ccsc1)NC(c1ccccc1)c1ccc(OC(F)F)cc1. The molecule has 134 valence electrons. The molecule has 1 heterocycles. The molecule has 2 aromatic carbocycles. The minimum Gasteiger partial charge on any atom is -0.435 e. The van der Waals surface area contributed by atoms with Crippen LogP contribution in [0.4, 0.5) is 8.78 Å². The molecule has 0 bridgehead atoms. The Labute approximate surface area is 154 Å². The Bertz CT molecular complexity index is 821. The van der Waals surface area contributed by atoms with E-state index in [0.29, 0.717) is 6.42 Å². The van der Waals surface area contributed by atoms with Crippen LogP contribution in [0.3, 0.4) is 0 Å². The molecule has 0 aliphatic carbocycles. The summed E-state index contributed by atoms with van der Waals surface area (Å²) in [6.07, 6.45) is 0.291. The lowest BCUT2D eigenvalue weighted by Gasteiger charge is -2.20. The molecule has 6 heteroatoms. The molecule has 1 N–H and O–H groups in total. The van der Waals surface area contributed by atoms with Crippen LogP contribution in [-0.4, -0.2) is 12.5 Å². The first-order valence-corrected chi connectivity index (χ1v) is 8.96. The molecule has 3 rings (SSSR count). The molecule has 26 heavy (non-hydrogen) atoms. The van der Waals surface area contributed by atoms with Crippen molar-refractivity contribution in [2.45, 2.75) is 19.1 Å². The summed E-state index contributed by atoms with van der Waals surface area (Å²) in [5, 5.41) is 6.89. The normalized spacial score (nSPS) is 12.0. The monoisotopic (exact) mass is 373 g/mol. The van der Waals surface area contributed by atoms with Gasteiger partial charge in [-0.1, -0.05) is 42.5 Å². The van der Waals surface area contributed by atoms with Crippen LogP contribution in [0.5, 0.6) is 5.75 Å². The lowest BCUT2D eigenvalue weighted by molar-refractivity contribution is -0.120. The number of carbonyl (C=O) groups is 1. The fraction of sp³-hybridized carbons (Fsp3) is 0.150. The van der Waals surface area contributed by atoms with Gasteiger partial charge in [-0.25, -0.2) is 0 Å². The van der Waals surface area contributed by atoms with Crippen molar-refractivity contribution in [2.24, 2.45) is 0 Å². The van der Waals surface area contributed by atoms with Gasteiger partial charge in [0, 0.05) is 0 Å². The van der Waals surface area contributed by atoms with Crippen LogP contribution in [0.25, 0.3) is 0 Å². The second-order valence-electron chi connectivity index (χ2n) is 5.67. The van der Waals surface area contributed by atoms with Crippen molar-refractivity contribution < 1.29 is 18.3 Å². The number of hydrogen-bond donors (Lipinski definition) is 1. The number of benzene rings is 2. The van der Waals surface area contributed by atoms with Gasteiger partial charge in [-0.2, -0.15) is 20.1 Å². The van der Waals surface area contributed by atoms with Gasteiger partial charge in [0.05, 0.1) is 12.5 Å². The quantitative estimate of drug-likeness (QED) is 0.646. The van der Waals surface area contributed by atoms with Crippen molar-refractivity contribution in [2.75, 3.05) is 0 Å². The Morgan fingerprint density at radius 2 is 1.69 bits per heavy atom. The molecular weight excluding hydrogens is 356 g/mol. The van der Waals surface area contributed by atoms with E-state index in [1.807, 2.05) is 47.2 Å². The zero-order valence-electron chi connectivity index (χ0n) is 13.8. The third-order valence-electron chi connectivity index (χ3n) is 3.82. The third kappa shape index (κ3) is 4.89. The molecule has 3 aromatic rings. The van der Waals surface area contributed by atoms with Crippen molar-refractivity contribution >= 4 is 17.2 Å². The fourth-order valence-electron chi connectivity index (χ4n) is 2.64. The fourth-order valence-corrected chi connectivity index (χ4v) is 3.31. The van der Waals surface area contributed by atoms with Crippen LogP contribution in [-0.2, 0) is 11.2 Å². The lowest BCUT2D eigenvalue weighted by atomic mass is 9.98. The molecule has 0 saturated carbocycles. The molecule has 0 saturated heterocycles. The minimum atomic E-state index is -2.86. The largest absolute Gasteiger partial charge is 0.435 e. The minimum absolute atomic E-state index is 0.0835. The molecule has 0 spiro atoms. The Hall–Kier alpha value is -2.73. The summed E-state index contributed by atoms with van der Waals surface area (Å²) in [4.78, 5) is 12.4. The first-order valence-electron chi connectivity index (χ1n) is 8.02. The van der Waals surface area contributed by atoms with E-state index in [1.165, 1.54) is 12.1 Å². The maximum Gasteiger partial charge on any atom is 0.387 e. The van der Waals surface area contributed by atoms with Crippen LogP contribution >= 0.6 is 11.3 Å². The number of nitrogens with one attached hydrogen (secondary N) is 1. The average molecular weight is 373 g/mol. The first kappa shape index (κ1) is 18.1. The van der Waals surface area contributed by atoms with Crippen LogP contribution < -0.4 is 10.1 Å². The molecule has 3 nitrogen and oxygen atoms in total. The summed E-state index contributed by atoms with van der Waals surface area (Å²) in [6, 6.07) is 17.4. The maximum absolute atomic E-state index is 12.4. The van der Waals surface area contributed by atoms with E-state index in [9.17, 15) is 13.6 Å². The first-order chi connectivity index (χ1) is 12.6. The second-order valence-corrected chi connectivity index (χ2v) is 6.45. The Kier molecular flexibility index (Phi) is 5.96. The van der Waals surface area contributed by atoms with E-state index in [-0.39, 0.29) is 17.7 Å².